The molecule has 1 aromatic carbocycles. The van der Waals surface area contributed by atoms with Gasteiger partial charge in [0.2, 0.25) is 0 Å². The molecule has 17 heavy (non-hydrogen) atoms. The SMILES string of the molecule is C=CCOS(=O)(=O)O.C=CCc1ccccc1. The van der Waals surface area contributed by atoms with Gasteiger partial charge in [0.25, 0.3) is 0 Å². The monoisotopic (exact) mass is 256 g/mol. The van der Waals surface area contributed by atoms with Gasteiger partial charge in [-0.15, -0.1) is 13.2 Å². The predicted octanol–water partition coefficient (Wildman–Crippen LogP) is 2.41. The molecule has 0 fully saturated rings. The summed E-state index contributed by atoms with van der Waals surface area (Å²) in [6.07, 6.45) is 4.10. The van der Waals surface area contributed by atoms with Gasteiger partial charge in [0, 0.05) is 0 Å². The fourth-order valence-electron chi connectivity index (χ4n) is 0.915. The number of benzene rings is 1. The minimum atomic E-state index is -4.26. The third kappa shape index (κ3) is 10.8. The van der Waals surface area contributed by atoms with E-state index >= 15 is 0 Å². The fourth-order valence-corrected chi connectivity index (χ4v) is 1.18. The molecule has 0 aliphatic heterocycles. The summed E-state index contributed by atoms with van der Waals surface area (Å²) in [4.78, 5) is 0. The molecule has 0 spiro atoms. The topological polar surface area (TPSA) is 63.6 Å². The van der Waals surface area contributed by atoms with Crippen LogP contribution >= 0.6 is 0 Å². The number of hydrogen-bond acceptors (Lipinski definition) is 3. The standard InChI is InChI=1S/C9H10.C3H6O4S/c1-2-6-9-7-4-3-5-8-9;1-2-3-7-8(4,5)6/h2-5,7-8H,1,6H2;2H,1,3H2,(H,4,5,6). The van der Waals surface area contributed by atoms with Gasteiger partial charge in [-0.05, 0) is 12.0 Å². The van der Waals surface area contributed by atoms with Gasteiger partial charge in [0.15, 0.2) is 0 Å². The van der Waals surface area contributed by atoms with Gasteiger partial charge in [-0.25, -0.2) is 4.18 Å². The van der Waals surface area contributed by atoms with Crippen LogP contribution in [0.2, 0.25) is 0 Å². The van der Waals surface area contributed by atoms with Crippen molar-refractivity contribution in [2.75, 3.05) is 6.61 Å². The minimum Gasteiger partial charge on any atom is -0.264 e. The Morgan fingerprint density at radius 3 is 2.12 bits per heavy atom. The average molecular weight is 256 g/mol. The Morgan fingerprint density at radius 2 is 1.76 bits per heavy atom. The zero-order valence-electron chi connectivity index (χ0n) is 9.45. The summed E-state index contributed by atoms with van der Waals surface area (Å²) in [7, 11) is -4.26. The Morgan fingerprint density at radius 1 is 1.18 bits per heavy atom. The molecule has 0 aromatic heterocycles. The second-order valence-corrected chi connectivity index (χ2v) is 4.07. The van der Waals surface area contributed by atoms with E-state index in [2.05, 4.69) is 29.5 Å². The van der Waals surface area contributed by atoms with Gasteiger partial charge in [-0.2, -0.15) is 8.42 Å². The van der Waals surface area contributed by atoms with E-state index < -0.39 is 10.4 Å². The first kappa shape index (κ1) is 15.6. The summed E-state index contributed by atoms with van der Waals surface area (Å²) in [6.45, 7) is 6.62. The lowest BCUT2D eigenvalue weighted by atomic mass is 10.2. The smallest absolute Gasteiger partial charge is 0.264 e. The summed E-state index contributed by atoms with van der Waals surface area (Å²) >= 11 is 0. The van der Waals surface area contributed by atoms with E-state index in [0.717, 1.165) is 6.42 Å². The molecule has 1 N–H and O–H groups in total. The van der Waals surface area contributed by atoms with Crippen LogP contribution in [0.15, 0.2) is 55.6 Å². The van der Waals surface area contributed by atoms with Gasteiger partial charge in [0.1, 0.15) is 0 Å². The lowest BCUT2D eigenvalue weighted by Crippen LogP contribution is -2.02. The number of hydrogen-bond donors (Lipinski definition) is 1. The van der Waals surface area contributed by atoms with Crippen molar-refractivity contribution in [3.63, 3.8) is 0 Å². The van der Waals surface area contributed by atoms with Gasteiger partial charge in [-0.1, -0.05) is 42.5 Å². The Kier molecular flexibility index (Phi) is 7.96. The van der Waals surface area contributed by atoms with Crippen molar-refractivity contribution in [2.24, 2.45) is 0 Å². The highest BCUT2D eigenvalue weighted by Crippen LogP contribution is 1.98. The maximum absolute atomic E-state index is 9.68. The van der Waals surface area contributed by atoms with E-state index in [0.29, 0.717) is 0 Å². The van der Waals surface area contributed by atoms with E-state index in [1.165, 1.54) is 11.6 Å². The van der Waals surface area contributed by atoms with Crippen LogP contribution in [-0.4, -0.2) is 19.6 Å². The van der Waals surface area contributed by atoms with Gasteiger partial charge < -0.3 is 0 Å². The van der Waals surface area contributed by atoms with Crippen molar-refractivity contribution in [2.45, 2.75) is 6.42 Å². The summed E-state index contributed by atoms with van der Waals surface area (Å²) in [5.74, 6) is 0. The molecular formula is C12H16O4S. The van der Waals surface area contributed by atoms with Crippen LogP contribution in [0.25, 0.3) is 0 Å². The summed E-state index contributed by atoms with van der Waals surface area (Å²) in [5.41, 5.74) is 1.33. The van der Waals surface area contributed by atoms with E-state index in [-0.39, 0.29) is 6.61 Å². The third-order valence-corrected chi connectivity index (χ3v) is 1.99. The summed E-state index contributed by atoms with van der Waals surface area (Å²) in [6, 6.07) is 10.3. The van der Waals surface area contributed by atoms with E-state index in [4.69, 9.17) is 4.55 Å². The average Bonchev–Trinajstić information content (AvgIpc) is 2.28. The molecule has 0 unspecified atom stereocenters. The molecular weight excluding hydrogens is 240 g/mol. The maximum Gasteiger partial charge on any atom is 0.397 e. The quantitative estimate of drug-likeness (QED) is 0.649. The normalized spacial score (nSPS) is 9.94. The zero-order valence-corrected chi connectivity index (χ0v) is 10.3. The van der Waals surface area contributed by atoms with Crippen molar-refractivity contribution >= 4 is 10.4 Å². The van der Waals surface area contributed by atoms with Crippen molar-refractivity contribution < 1.29 is 17.2 Å². The first-order valence-corrected chi connectivity index (χ1v) is 6.23. The van der Waals surface area contributed by atoms with E-state index in [1.54, 1.807) is 0 Å². The highest BCUT2D eigenvalue weighted by Gasteiger charge is 1.99. The summed E-state index contributed by atoms with van der Waals surface area (Å²) in [5, 5.41) is 0. The van der Waals surface area contributed by atoms with Crippen LogP contribution in [0.3, 0.4) is 0 Å². The van der Waals surface area contributed by atoms with Gasteiger partial charge >= 0.3 is 10.4 Å². The Labute approximate surface area is 102 Å². The molecule has 5 heteroatoms. The second-order valence-electron chi connectivity index (χ2n) is 2.98. The molecule has 0 aliphatic rings. The highest BCUT2D eigenvalue weighted by molar-refractivity contribution is 7.80. The van der Waals surface area contributed by atoms with Gasteiger partial charge in [0.05, 0.1) is 6.61 Å². The molecule has 0 heterocycles. The number of rotatable bonds is 5. The summed E-state index contributed by atoms with van der Waals surface area (Å²) < 4.78 is 31.0. The molecule has 0 amide bonds. The highest BCUT2D eigenvalue weighted by atomic mass is 32.3. The Balaban J connectivity index is 0.000000304. The molecule has 0 aliphatic carbocycles. The first-order valence-electron chi connectivity index (χ1n) is 4.87. The van der Waals surface area contributed by atoms with Crippen LogP contribution < -0.4 is 0 Å². The van der Waals surface area contributed by atoms with Crippen molar-refractivity contribution in [1.82, 2.24) is 0 Å². The molecule has 0 radical (unpaired) electrons. The predicted molar refractivity (Wildman–Crippen MR) is 68.0 cm³/mol. The Hall–Kier alpha value is -1.43. The van der Waals surface area contributed by atoms with E-state index in [1.807, 2.05) is 24.3 Å². The largest absolute Gasteiger partial charge is 0.397 e. The number of allylic oxidation sites excluding steroid dienone is 1. The lowest BCUT2D eigenvalue weighted by Gasteiger charge is -1.91. The van der Waals surface area contributed by atoms with Crippen LogP contribution in [0.1, 0.15) is 5.56 Å². The zero-order chi connectivity index (χ0) is 13.1. The van der Waals surface area contributed by atoms with Gasteiger partial charge in [-0.3, -0.25) is 4.55 Å². The second kappa shape index (κ2) is 8.69. The fraction of sp³-hybridized carbons (Fsp3) is 0.167. The van der Waals surface area contributed by atoms with Crippen molar-refractivity contribution in [3.05, 3.63) is 61.2 Å². The maximum atomic E-state index is 9.68. The van der Waals surface area contributed by atoms with Crippen LogP contribution in [0.5, 0.6) is 0 Å². The molecule has 0 saturated heterocycles. The Bertz CT molecular complexity index is 423. The first-order chi connectivity index (χ1) is 7.99. The van der Waals surface area contributed by atoms with E-state index in [9.17, 15) is 8.42 Å². The molecule has 0 bridgehead atoms. The molecule has 94 valence electrons. The minimum absolute atomic E-state index is 0.196. The third-order valence-electron chi connectivity index (χ3n) is 1.56. The molecule has 0 saturated carbocycles. The van der Waals surface area contributed by atoms with Crippen LogP contribution in [0.4, 0.5) is 0 Å². The molecule has 4 nitrogen and oxygen atoms in total. The van der Waals surface area contributed by atoms with Crippen LogP contribution in [-0.2, 0) is 21.0 Å². The van der Waals surface area contributed by atoms with Crippen molar-refractivity contribution in [1.29, 1.82) is 0 Å². The lowest BCUT2D eigenvalue weighted by molar-refractivity contribution is 0.296. The molecule has 1 aromatic rings. The van der Waals surface area contributed by atoms with Crippen molar-refractivity contribution in [3.8, 4) is 0 Å². The molecule has 1 rings (SSSR count). The molecule has 0 atom stereocenters. The van der Waals surface area contributed by atoms with Crippen LogP contribution in [0, 0.1) is 0 Å².